The molecule has 0 unspecified atom stereocenters. The number of pyridine rings is 1. The molecule has 1 fully saturated rings. The number of hydrogen-bond donors (Lipinski definition) is 2. The number of ether oxygens (including phenoxy) is 2. The number of aromatic nitrogens is 1. The van der Waals surface area contributed by atoms with Crippen molar-refractivity contribution in [1.29, 1.82) is 0 Å². The minimum Gasteiger partial charge on any atom is -0.475 e. The van der Waals surface area contributed by atoms with Crippen LogP contribution in [-0.4, -0.2) is 74.3 Å². The molecule has 0 saturated carbocycles. The largest absolute Gasteiger partial charge is 0.490 e. The smallest absolute Gasteiger partial charge is 0.475 e. The van der Waals surface area contributed by atoms with Crippen molar-refractivity contribution in [3.8, 4) is 5.88 Å². The Morgan fingerprint density at radius 2 is 1.85 bits per heavy atom. The van der Waals surface area contributed by atoms with Gasteiger partial charge in [-0.1, -0.05) is 0 Å². The quantitative estimate of drug-likeness (QED) is 0.410. The average Bonchev–Trinajstić information content (AvgIpc) is 2.79. The number of alkyl halides is 3. The average molecular weight is 515 g/mol. The second-order valence-electron chi connectivity index (χ2n) is 7.35. The third-order valence-corrected chi connectivity index (χ3v) is 6.80. The highest BCUT2D eigenvalue weighted by Gasteiger charge is 2.41. The molecule has 10 nitrogen and oxygen atoms in total. The molecule has 0 aromatic carbocycles. The van der Waals surface area contributed by atoms with E-state index in [2.05, 4.69) is 4.98 Å². The number of piperidine rings is 1. The number of carboxylic acids is 1. The van der Waals surface area contributed by atoms with Gasteiger partial charge in [0.25, 0.3) is 0 Å². The zero-order valence-electron chi connectivity index (χ0n) is 18.3. The number of esters is 1. The monoisotopic (exact) mass is 515 g/mol. The molecular weight excluding hydrogens is 490 g/mol. The van der Waals surface area contributed by atoms with Gasteiger partial charge in [0.1, 0.15) is 11.5 Å². The summed E-state index contributed by atoms with van der Waals surface area (Å²) in [5.74, 6) is -2.92. The van der Waals surface area contributed by atoms with Gasteiger partial charge in [-0.25, -0.2) is 22.6 Å². The maximum atomic E-state index is 12.8. The summed E-state index contributed by atoms with van der Waals surface area (Å²) in [4.78, 5) is 24.7. The number of carbonyl (C=O) groups is 2. The standard InChI is InChI=1S/C17H24FN3O5S.C2HF3O2/c1-17(16(22)25-2)5-7-21(8-6-17)27(23,24)14-3-4-15(20-11-14)26-12-13(9-18)10-19;3-2(4,5)1(6)7/h3-4,9,11H,5-8,10,12,19H2,1-2H3;(H,6,7)/b13-9+;. The highest BCUT2D eigenvalue weighted by molar-refractivity contribution is 7.89. The first-order valence-corrected chi connectivity index (χ1v) is 11.1. The van der Waals surface area contributed by atoms with E-state index in [4.69, 9.17) is 25.1 Å². The van der Waals surface area contributed by atoms with Gasteiger partial charge in [0.15, 0.2) is 0 Å². The van der Waals surface area contributed by atoms with E-state index in [9.17, 15) is 30.8 Å². The van der Waals surface area contributed by atoms with Gasteiger partial charge in [-0.2, -0.15) is 17.5 Å². The summed E-state index contributed by atoms with van der Waals surface area (Å²) in [6.45, 7) is 2.16. The van der Waals surface area contributed by atoms with E-state index in [1.165, 1.54) is 29.7 Å². The Bertz CT molecular complexity index is 975. The summed E-state index contributed by atoms with van der Waals surface area (Å²) in [5.41, 5.74) is 4.92. The van der Waals surface area contributed by atoms with Crippen LogP contribution in [0.15, 0.2) is 35.1 Å². The number of nitrogens with zero attached hydrogens (tertiary/aromatic N) is 2. The van der Waals surface area contributed by atoms with Crippen molar-refractivity contribution in [2.75, 3.05) is 33.4 Å². The summed E-state index contributed by atoms with van der Waals surface area (Å²) in [6.07, 6.45) is -2.76. The van der Waals surface area contributed by atoms with Crippen LogP contribution >= 0.6 is 0 Å². The lowest BCUT2D eigenvalue weighted by atomic mass is 9.81. The van der Waals surface area contributed by atoms with Gasteiger partial charge in [-0.05, 0) is 25.8 Å². The van der Waals surface area contributed by atoms with Gasteiger partial charge >= 0.3 is 18.1 Å². The van der Waals surface area contributed by atoms with Crippen molar-refractivity contribution in [1.82, 2.24) is 9.29 Å². The van der Waals surface area contributed by atoms with Crippen molar-refractivity contribution in [3.63, 3.8) is 0 Å². The molecule has 3 N–H and O–H groups in total. The third-order valence-electron chi connectivity index (χ3n) is 4.92. The fourth-order valence-corrected chi connectivity index (χ4v) is 4.11. The van der Waals surface area contributed by atoms with Crippen molar-refractivity contribution < 1.29 is 50.1 Å². The zero-order valence-corrected chi connectivity index (χ0v) is 19.2. The highest BCUT2D eigenvalue weighted by Crippen LogP contribution is 2.34. The summed E-state index contributed by atoms with van der Waals surface area (Å²) in [7, 11) is -2.40. The van der Waals surface area contributed by atoms with Crippen molar-refractivity contribution >= 4 is 22.0 Å². The maximum Gasteiger partial charge on any atom is 0.490 e. The van der Waals surface area contributed by atoms with Crippen LogP contribution < -0.4 is 10.5 Å². The van der Waals surface area contributed by atoms with E-state index >= 15 is 0 Å². The van der Waals surface area contributed by atoms with Crippen LogP contribution in [0.1, 0.15) is 19.8 Å². The molecule has 0 aliphatic carbocycles. The predicted molar refractivity (Wildman–Crippen MR) is 110 cm³/mol. The molecule has 2 rings (SSSR count). The van der Waals surface area contributed by atoms with Gasteiger partial charge in [0, 0.05) is 31.3 Å². The first-order chi connectivity index (χ1) is 15.7. The van der Waals surface area contributed by atoms with E-state index in [1.807, 2.05) is 0 Å². The molecule has 1 aromatic heterocycles. The Morgan fingerprint density at radius 1 is 1.29 bits per heavy atom. The lowest BCUT2D eigenvalue weighted by Crippen LogP contribution is -2.45. The van der Waals surface area contributed by atoms with E-state index in [0.717, 1.165) is 0 Å². The Labute approximate surface area is 193 Å². The van der Waals surface area contributed by atoms with Crippen LogP contribution in [-0.2, 0) is 24.3 Å². The van der Waals surface area contributed by atoms with Crippen LogP contribution in [0.5, 0.6) is 5.88 Å². The van der Waals surface area contributed by atoms with E-state index in [-0.39, 0.29) is 48.6 Å². The fourth-order valence-electron chi connectivity index (χ4n) is 2.73. The number of carboxylic acid groups (broad SMARTS) is 1. The van der Waals surface area contributed by atoms with Gasteiger partial charge in [0.05, 0.1) is 25.1 Å². The molecule has 1 aliphatic heterocycles. The number of halogens is 4. The zero-order chi connectivity index (χ0) is 26.2. The molecule has 0 radical (unpaired) electrons. The summed E-state index contributed by atoms with van der Waals surface area (Å²) < 4.78 is 81.1. The summed E-state index contributed by atoms with van der Waals surface area (Å²) in [6, 6.07) is 2.79. The maximum absolute atomic E-state index is 12.8. The van der Waals surface area contributed by atoms with Crippen LogP contribution in [0, 0.1) is 5.41 Å². The molecule has 1 aliphatic rings. The molecule has 1 aromatic rings. The van der Waals surface area contributed by atoms with Crippen LogP contribution in [0.4, 0.5) is 17.6 Å². The third kappa shape index (κ3) is 7.92. The molecule has 0 spiro atoms. The number of hydrogen-bond acceptors (Lipinski definition) is 8. The lowest BCUT2D eigenvalue weighted by molar-refractivity contribution is -0.192. The number of carbonyl (C=O) groups excluding carboxylic acids is 1. The van der Waals surface area contributed by atoms with E-state index in [0.29, 0.717) is 19.2 Å². The van der Waals surface area contributed by atoms with Crippen LogP contribution in [0.25, 0.3) is 0 Å². The number of methoxy groups -OCH3 is 1. The van der Waals surface area contributed by atoms with Crippen molar-refractivity contribution in [3.05, 3.63) is 30.2 Å². The molecular formula is C19H25F4N3O7S. The Kier molecular flexibility index (Phi) is 10.4. The molecule has 15 heteroatoms. The molecule has 0 atom stereocenters. The molecule has 2 heterocycles. The number of aliphatic carboxylic acids is 1. The normalized spacial score (nSPS) is 16.7. The molecule has 0 amide bonds. The predicted octanol–water partition coefficient (Wildman–Crippen LogP) is 1.87. The number of rotatable bonds is 7. The van der Waals surface area contributed by atoms with Crippen molar-refractivity contribution in [2.45, 2.75) is 30.8 Å². The van der Waals surface area contributed by atoms with Gasteiger partial charge in [-0.3, -0.25) is 4.79 Å². The van der Waals surface area contributed by atoms with Crippen LogP contribution in [0.3, 0.4) is 0 Å². The number of sulfonamides is 1. The molecule has 1 saturated heterocycles. The lowest BCUT2D eigenvalue weighted by Gasteiger charge is -2.36. The Hall–Kier alpha value is -2.78. The van der Waals surface area contributed by atoms with Gasteiger partial charge in [0.2, 0.25) is 15.9 Å². The first-order valence-electron chi connectivity index (χ1n) is 9.67. The summed E-state index contributed by atoms with van der Waals surface area (Å²) >= 11 is 0. The minimum atomic E-state index is -5.08. The second-order valence-corrected chi connectivity index (χ2v) is 9.29. The van der Waals surface area contributed by atoms with Gasteiger partial charge < -0.3 is 20.3 Å². The van der Waals surface area contributed by atoms with Crippen LogP contribution in [0.2, 0.25) is 0 Å². The molecule has 192 valence electrons. The fraction of sp³-hybridized carbons (Fsp3) is 0.526. The van der Waals surface area contributed by atoms with Gasteiger partial charge in [-0.15, -0.1) is 0 Å². The van der Waals surface area contributed by atoms with Crippen molar-refractivity contribution in [2.24, 2.45) is 11.1 Å². The molecule has 0 bridgehead atoms. The molecule has 34 heavy (non-hydrogen) atoms. The topological polar surface area (TPSA) is 149 Å². The van der Waals surface area contributed by atoms with E-state index in [1.54, 1.807) is 6.92 Å². The SMILES string of the molecule is COC(=O)C1(C)CCN(S(=O)(=O)c2ccc(OC/C(=C/F)CN)nc2)CC1.O=C(O)C(F)(F)F. The number of nitrogens with two attached hydrogens (primary N) is 1. The van der Waals surface area contributed by atoms with E-state index < -0.39 is 27.6 Å². The highest BCUT2D eigenvalue weighted by atomic mass is 32.2. The minimum absolute atomic E-state index is 0.0163. The summed E-state index contributed by atoms with van der Waals surface area (Å²) in [5, 5.41) is 7.12. The first kappa shape index (κ1) is 29.3. The Morgan fingerprint density at radius 3 is 2.24 bits per heavy atom. The Balaban J connectivity index is 0.000000718. The second kappa shape index (κ2) is 12.1.